The Bertz CT molecular complexity index is 662. The molecule has 0 spiro atoms. The lowest BCUT2D eigenvalue weighted by molar-refractivity contribution is 0.284. The second kappa shape index (κ2) is 6.00. The number of benzene rings is 2. The van der Waals surface area contributed by atoms with Gasteiger partial charge in [0.1, 0.15) is 6.61 Å². The summed E-state index contributed by atoms with van der Waals surface area (Å²) >= 11 is 0. The second-order valence-corrected chi connectivity index (χ2v) is 5.15. The van der Waals surface area contributed by atoms with Gasteiger partial charge in [-0.05, 0) is 36.6 Å². The third-order valence-electron chi connectivity index (χ3n) is 3.75. The van der Waals surface area contributed by atoms with E-state index < -0.39 is 0 Å². The van der Waals surface area contributed by atoms with Crippen molar-refractivity contribution in [1.82, 2.24) is 0 Å². The Morgan fingerprint density at radius 3 is 2.67 bits per heavy atom. The van der Waals surface area contributed by atoms with Crippen LogP contribution in [0.4, 0.5) is 0 Å². The van der Waals surface area contributed by atoms with Crippen molar-refractivity contribution in [3.63, 3.8) is 0 Å². The van der Waals surface area contributed by atoms with E-state index in [4.69, 9.17) is 9.47 Å². The average Bonchev–Trinajstić information content (AvgIpc) is 2.53. The molecule has 0 aliphatic carbocycles. The van der Waals surface area contributed by atoms with Gasteiger partial charge in [0.2, 0.25) is 0 Å². The van der Waals surface area contributed by atoms with E-state index in [1.54, 1.807) is 7.11 Å². The first-order valence-corrected chi connectivity index (χ1v) is 7.17. The maximum atomic E-state index is 5.95. The lowest BCUT2D eigenvalue weighted by Gasteiger charge is -2.18. The highest BCUT2D eigenvalue weighted by Gasteiger charge is 2.16. The molecule has 0 fully saturated rings. The third-order valence-corrected chi connectivity index (χ3v) is 3.75. The Morgan fingerprint density at radius 2 is 1.90 bits per heavy atom. The van der Waals surface area contributed by atoms with Gasteiger partial charge in [0.25, 0.3) is 0 Å². The van der Waals surface area contributed by atoms with Crippen molar-refractivity contribution < 1.29 is 9.47 Å². The summed E-state index contributed by atoms with van der Waals surface area (Å²) < 4.78 is 11.4. The van der Waals surface area contributed by atoms with Crippen LogP contribution in [0.25, 0.3) is 0 Å². The number of nitrogens with zero attached hydrogens (tertiary/aromatic N) is 1. The fourth-order valence-electron chi connectivity index (χ4n) is 2.58. The van der Waals surface area contributed by atoms with Crippen LogP contribution in [0.2, 0.25) is 0 Å². The molecule has 108 valence electrons. The number of hydrogen-bond donors (Lipinski definition) is 0. The van der Waals surface area contributed by atoms with E-state index in [1.807, 2.05) is 25.1 Å². The van der Waals surface area contributed by atoms with Crippen molar-refractivity contribution in [1.29, 1.82) is 0 Å². The highest BCUT2D eigenvalue weighted by Crippen LogP contribution is 2.33. The molecule has 0 bridgehead atoms. The summed E-state index contributed by atoms with van der Waals surface area (Å²) in [5.41, 5.74) is 4.67. The number of rotatable bonds is 4. The highest BCUT2D eigenvalue weighted by atomic mass is 16.5. The molecule has 21 heavy (non-hydrogen) atoms. The van der Waals surface area contributed by atoms with Gasteiger partial charge in [0.15, 0.2) is 11.5 Å². The van der Waals surface area contributed by atoms with E-state index in [0.29, 0.717) is 6.61 Å². The lowest BCUT2D eigenvalue weighted by atomic mass is 9.97. The van der Waals surface area contributed by atoms with Crippen LogP contribution in [-0.4, -0.2) is 19.4 Å². The Labute approximate surface area is 125 Å². The summed E-state index contributed by atoms with van der Waals surface area (Å²) in [6, 6.07) is 14.3. The Balaban J connectivity index is 1.87. The predicted molar refractivity (Wildman–Crippen MR) is 84.6 cm³/mol. The zero-order valence-corrected chi connectivity index (χ0v) is 12.4. The van der Waals surface area contributed by atoms with Crippen LogP contribution >= 0.6 is 0 Å². The number of ether oxygens (including phenoxy) is 2. The maximum Gasteiger partial charge on any atom is 0.162 e. The molecule has 0 saturated carbocycles. The molecule has 3 nitrogen and oxygen atoms in total. The van der Waals surface area contributed by atoms with Gasteiger partial charge in [-0.25, -0.2) is 0 Å². The molecule has 1 aliphatic heterocycles. The van der Waals surface area contributed by atoms with E-state index in [1.165, 1.54) is 11.1 Å². The van der Waals surface area contributed by atoms with E-state index in [0.717, 1.165) is 35.7 Å². The van der Waals surface area contributed by atoms with Gasteiger partial charge in [0, 0.05) is 17.8 Å². The molecule has 0 saturated heterocycles. The van der Waals surface area contributed by atoms with Crippen molar-refractivity contribution in [2.75, 3.05) is 13.7 Å². The van der Waals surface area contributed by atoms with Gasteiger partial charge in [0.05, 0.1) is 7.11 Å². The van der Waals surface area contributed by atoms with E-state index in [2.05, 4.69) is 29.3 Å². The predicted octanol–water partition coefficient (Wildman–Crippen LogP) is 3.64. The fraction of sp³-hybridized carbons (Fsp3) is 0.278. The standard InChI is InChI=1S/C18H19NO2/c1-13-16-11-18(21-12-14-6-4-3-5-7-14)17(20-2)10-15(16)8-9-19-13/h3-7,10-11H,8-9,12H2,1-2H3. The van der Waals surface area contributed by atoms with Crippen LogP contribution in [0.1, 0.15) is 23.6 Å². The molecule has 3 heteroatoms. The SMILES string of the molecule is COc1cc2c(cc1OCc1ccccc1)C(C)=NCC2. The van der Waals surface area contributed by atoms with Crippen LogP contribution in [0.15, 0.2) is 47.5 Å². The Kier molecular flexibility index (Phi) is 3.91. The van der Waals surface area contributed by atoms with Crippen LogP contribution < -0.4 is 9.47 Å². The monoisotopic (exact) mass is 281 g/mol. The fourth-order valence-corrected chi connectivity index (χ4v) is 2.58. The first-order chi connectivity index (χ1) is 10.3. The summed E-state index contributed by atoms with van der Waals surface area (Å²) in [7, 11) is 1.68. The zero-order chi connectivity index (χ0) is 14.7. The number of fused-ring (bicyclic) bond motifs is 1. The summed E-state index contributed by atoms with van der Waals surface area (Å²) in [6.07, 6.45) is 0.960. The molecule has 0 N–H and O–H groups in total. The molecule has 0 amide bonds. The molecule has 0 unspecified atom stereocenters. The quantitative estimate of drug-likeness (QED) is 0.856. The first kappa shape index (κ1) is 13.7. The second-order valence-electron chi connectivity index (χ2n) is 5.15. The molecule has 1 heterocycles. The van der Waals surface area contributed by atoms with Gasteiger partial charge < -0.3 is 9.47 Å². The number of methoxy groups -OCH3 is 1. The minimum atomic E-state index is 0.534. The topological polar surface area (TPSA) is 30.8 Å². The van der Waals surface area contributed by atoms with Crippen LogP contribution in [0.3, 0.4) is 0 Å². The van der Waals surface area contributed by atoms with E-state index in [-0.39, 0.29) is 0 Å². The Hall–Kier alpha value is -2.29. The summed E-state index contributed by atoms with van der Waals surface area (Å²) in [5.74, 6) is 1.57. The largest absolute Gasteiger partial charge is 0.493 e. The van der Waals surface area contributed by atoms with Crippen molar-refractivity contribution in [3.05, 3.63) is 59.2 Å². The average molecular weight is 281 g/mol. The summed E-state index contributed by atoms with van der Waals surface area (Å²) in [6.45, 7) is 3.43. The van der Waals surface area contributed by atoms with Crippen LogP contribution in [-0.2, 0) is 13.0 Å². The molecular weight excluding hydrogens is 262 g/mol. The van der Waals surface area contributed by atoms with Gasteiger partial charge in [-0.1, -0.05) is 30.3 Å². The number of hydrogen-bond acceptors (Lipinski definition) is 3. The van der Waals surface area contributed by atoms with Crippen molar-refractivity contribution >= 4 is 5.71 Å². The van der Waals surface area contributed by atoms with Gasteiger partial charge in [-0.3, -0.25) is 4.99 Å². The summed E-state index contributed by atoms with van der Waals surface area (Å²) in [5, 5.41) is 0. The molecule has 3 rings (SSSR count). The van der Waals surface area contributed by atoms with Crippen molar-refractivity contribution in [3.8, 4) is 11.5 Å². The molecule has 1 aliphatic rings. The smallest absolute Gasteiger partial charge is 0.162 e. The van der Waals surface area contributed by atoms with Gasteiger partial charge in [-0.15, -0.1) is 0 Å². The molecule has 0 radical (unpaired) electrons. The van der Waals surface area contributed by atoms with Crippen molar-refractivity contribution in [2.24, 2.45) is 4.99 Å². The van der Waals surface area contributed by atoms with E-state index in [9.17, 15) is 0 Å². The lowest BCUT2D eigenvalue weighted by Crippen LogP contribution is -2.11. The normalized spacial score (nSPS) is 13.3. The minimum Gasteiger partial charge on any atom is -0.493 e. The molecule has 2 aromatic rings. The van der Waals surface area contributed by atoms with Crippen LogP contribution in [0, 0.1) is 0 Å². The zero-order valence-electron chi connectivity index (χ0n) is 12.4. The van der Waals surface area contributed by atoms with Crippen LogP contribution in [0.5, 0.6) is 11.5 Å². The molecule has 0 atom stereocenters. The highest BCUT2D eigenvalue weighted by molar-refractivity contribution is 6.01. The van der Waals surface area contributed by atoms with Gasteiger partial charge in [-0.2, -0.15) is 0 Å². The third kappa shape index (κ3) is 2.92. The first-order valence-electron chi connectivity index (χ1n) is 7.17. The maximum absolute atomic E-state index is 5.95. The minimum absolute atomic E-state index is 0.534. The molecule has 2 aromatic carbocycles. The Morgan fingerprint density at radius 1 is 1.10 bits per heavy atom. The molecular formula is C18H19NO2. The van der Waals surface area contributed by atoms with E-state index >= 15 is 0 Å². The summed E-state index contributed by atoms with van der Waals surface area (Å²) in [4.78, 5) is 4.51. The molecule has 0 aromatic heterocycles. The number of aliphatic imine (C=N–C) groups is 1. The van der Waals surface area contributed by atoms with Gasteiger partial charge >= 0.3 is 0 Å². The van der Waals surface area contributed by atoms with Crippen molar-refractivity contribution in [2.45, 2.75) is 20.0 Å².